The maximum absolute atomic E-state index is 12.5. The minimum absolute atomic E-state index is 0.0288. The fraction of sp³-hybridized carbons (Fsp3) is 0.300. The van der Waals surface area contributed by atoms with Gasteiger partial charge >= 0.3 is 0 Å². The minimum Gasteiger partial charge on any atom is -0.423 e. The molecule has 1 fully saturated rings. The Hall–Kier alpha value is -2.82. The summed E-state index contributed by atoms with van der Waals surface area (Å²) in [4.78, 5) is 19.2. The maximum Gasteiger partial charge on any atom is 0.298 e. The van der Waals surface area contributed by atoms with E-state index < -0.39 is 0 Å². The third-order valence-electron chi connectivity index (χ3n) is 4.70. The molecule has 2 aromatic carbocycles. The number of nitrogens with zero attached hydrogens (tertiary/aromatic N) is 2. The van der Waals surface area contributed by atoms with Gasteiger partial charge in [0.25, 0.3) is 6.01 Å². The van der Waals surface area contributed by atoms with Crippen LogP contribution in [0.3, 0.4) is 0 Å². The lowest BCUT2D eigenvalue weighted by Gasteiger charge is -2.30. The second-order valence-electron chi connectivity index (χ2n) is 6.58. The Bertz CT molecular complexity index is 862. The number of oxazole rings is 1. The second-order valence-corrected chi connectivity index (χ2v) is 6.58. The predicted octanol–water partition coefficient (Wildman–Crippen LogP) is 3.99. The van der Waals surface area contributed by atoms with Crippen molar-refractivity contribution in [2.45, 2.75) is 19.8 Å². The minimum atomic E-state index is 0.0288. The first-order valence-corrected chi connectivity index (χ1v) is 8.67. The van der Waals surface area contributed by atoms with Gasteiger partial charge in [-0.05, 0) is 49.6 Å². The van der Waals surface area contributed by atoms with Gasteiger partial charge in [-0.2, -0.15) is 4.98 Å². The summed E-state index contributed by atoms with van der Waals surface area (Å²) in [6.45, 7) is 3.58. The summed E-state index contributed by atoms with van der Waals surface area (Å²) in [7, 11) is 0. The first-order valence-electron chi connectivity index (χ1n) is 8.67. The summed E-state index contributed by atoms with van der Waals surface area (Å²) >= 11 is 0. The van der Waals surface area contributed by atoms with Gasteiger partial charge in [0, 0.05) is 24.7 Å². The van der Waals surface area contributed by atoms with E-state index in [0.717, 1.165) is 48.3 Å². The van der Waals surface area contributed by atoms with Gasteiger partial charge in [0.15, 0.2) is 5.58 Å². The number of aromatic nitrogens is 1. The Labute approximate surface area is 146 Å². The van der Waals surface area contributed by atoms with Crippen molar-refractivity contribution in [2.24, 2.45) is 5.92 Å². The summed E-state index contributed by atoms with van der Waals surface area (Å²) in [6, 6.07) is 16.3. The Balaban J connectivity index is 1.38. The van der Waals surface area contributed by atoms with Crippen molar-refractivity contribution < 1.29 is 9.21 Å². The van der Waals surface area contributed by atoms with Crippen molar-refractivity contribution >= 4 is 28.7 Å². The van der Waals surface area contributed by atoms with Gasteiger partial charge in [-0.15, -0.1) is 0 Å². The van der Waals surface area contributed by atoms with E-state index in [1.54, 1.807) is 0 Å². The zero-order valence-corrected chi connectivity index (χ0v) is 14.2. The number of carbonyl (C=O) groups excluding carboxylic acids is 1. The Morgan fingerprint density at radius 3 is 2.72 bits per heavy atom. The van der Waals surface area contributed by atoms with Gasteiger partial charge < -0.3 is 14.6 Å². The average Bonchev–Trinajstić information content (AvgIpc) is 3.06. The van der Waals surface area contributed by atoms with E-state index in [-0.39, 0.29) is 11.8 Å². The molecular formula is C20H21N3O2. The van der Waals surface area contributed by atoms with Crippen molar-refractivity contribution in [3.05, 3.63) is 54.1 Å². The molecule has 1 aromatic heterocycles. The molecule has 0 bridgehead atoms. The quantitative estimate of drug-likeness (QED) is 0.786. The van der Waals surface area contributed by atoms with Crippen LogP contribution in [0.5, 0.6) is 0 Å². The van der Waals surface area contributed by atoms with Gasteiger partial charge in [0.1, 0.15) is 5.52 Å². The van der Waals surface area contributed by atoms with Crippen molar-refractivity contribution in [2.75, 3.05) is 23.3 Å². The van der Waals surface area contributed by atoms with Gasteiger partial charge in [0.2, 0.25) is 5.91 Å². The molecule has 2 heterocycles. The Morgan fingerprint density at radius 2 is 1.96 bits per heavy atom. The molecule has 128 valence electrons. The van der Waals surface area contributed by atoms with E-state index in [1.165, 1.54) is 0 Å². The average molecular weight is 335 g/mol. The largest absolute Gasteiger partial charge is 0.423 e. The Morgan fingerprint density at radius 1 is 1.16 bits per heavy atom. The molecular weight excluding hydrogens is 314 g/mol. The lowest BCUT2D eigenvalue weighted by atomic mass is 9.96. The van der Waals surface area contributed by atoms with Crippen molar-refractivity contribution in [1.29, 1.82) is 0 Å². The van der Waals surface area contributed by atoms with Crippen molar-refractivity contribution in [3.8, 4) is 0 Å². The number of hydrogen-bond donors (Lipinski definition) is 1. The molecule has 1 aliphatic heterocycles. The summed E-state index contributed by atoms with van der Waals surface area (Å²) in [5.74, 6) is 0.129. The smallest absolute Gasteiger partial charge is 0.298 e. The van der Waals surface area contributed by atoms with Crippen LogP contribution in [0.2, 0.25) is 0 Å². The van der Waals surface area contributed by atoms with Gasteiger partial charge in [0.05, 0.1) is 0 Å². The number of benzene rings is 2. The third-order valence-corrected chi connectivity index (χ3v) is 4.70. The summed E-state index contributed by atoms with van der Waals surface area (Å²) in [5.41, 5.74) is 3.68. The molecule has 3 aromatic rings. The maximum atomic E-state index is 12.5. The van der Waals surface area contributed by atoms with Gasteiger partial charge in [-0.1, -0.05) is 24.3 Å². The van der Waals surface area contributed by atoms with Crippen LogP contribution in [0.1, 0.15) is 18.4 Å². The van der Waals surface area contributed by atoms with E-state index >= 15 is 0 Å². The summed E-state index contributed by atoms with van der Waals surface area (Å²) < 4.78 is 5.83. The Kier molecular flexibility index (Phi) is 4.14. The topological polar surface area (TPSA) is 58.4 Å². The van der Waals surface area contributed by atoms with Crippen LogP contribution >= 0.6 is 0 Å². The van der Waals surface area contributed by atoms with E-state index in [1.807, 2.05) is 55.5 Å². The summed E-state index contributed by atoms with van der Waals surface area (Å²) in [5, 5.41) is 3.03. The van der Waals surface area contributed by atoms with Crippen LogP contribution in [0.15, 0.2) is 52.9 Å². The molecule has 5 heteroatoms. The predicted molar refractivity (Wildman–Crippen MR) is 98.8 cm³/mol. The number of piperidine rings is 1. The van der Waals surface area contributed by atoms with E-state index in [2.05, 4.69) is 15.2 Å². The molecule has 0 unspecified atom stereocenters. The number of fused-ring (bicyclic) bond motifs is 1. The van der Waals surface area contributed by atoms with Crippen LogP contribution in [0, 0.1) is 12.8 Å². The number of amides is 1. The highest BCUT2D eigenvalue weighted by atomic mass is 16.4. The molecule has 1 saturated heterocycles. The van der Waals surface area contributed by atoms with E-state index in [0.29, 0.717) is 6.01 Å². The SMILES string of the molecule is Cc1cccc(NC(=O)C2CCN(c3nc4ccccc4o3)CC2)c1. The molecule has 5 nitrogen and oxygen atoms in total. The number of hydrogen-bond acceptors (Lipinski definition) is 4. The standard InChI is InChI=1S/C20H21N3O2/c1-14-5-4-6-16(13-14)21-19(24)15-9-11-23(12-10-15)20-22-17-7-2-3-8-18(17)25-20/h2-8,13,15H,9-12H2,1H3,(H,21,24). The van der Waals surface area contributed by atoms with E-state index in [4.69, 9.17) is 4.42 Å². The van der Waals surface area contributed by atoms with Crippen molar-refractivity contribution in [1.82, 2.24) is 4.98 Å². The first kappa shape index (κ1) is 15.7. The number of nitrogens with one attached hydrogen (secondary N) is 1. The molecule has 1 amide bonds. The molecule has 4 rings (SSSR count). The fourth-order valence-electron chi connectivity index (χ4n) is 3.30. The first-order chi connectivity index (χ1) is 12.2. The molecule has 0 saturated carbocycles. The number of para-hydroxylation sites is 2. The molecule has 1 N–H and O–H groups in total. The number of rotatable bonds is 3. The highest BCUT2D eigenvalue weighted by Crippen LogP contribution is 2.27. The van der Waals surface area contributed by atoms with Crippen LogP contribution < -0.4 is 10.2 Å². The van der Waals surface area contributed by atoms with Gasteiger partial charge in [-0.3, -0.25) is 4.79 Å². The zero-order chi connectivity index (χ0) is 17.2. The molecule has 0 aliphatic carbocycles. The number of anilines is 2. The van der Waals surface area contributed by atoms with Crippen LogP contribution in [0.4, 0.5) is 11.7 Å². The molecule has 0 radical (unpaired) electrons. The molecule has 0 spiro atoms. The molecule has 1 aliphatic rings. The molecule has 25 heavy (non-hydrogen) atoms. The second kappa shape index (κ2) is 6.59. The van der Waals surface area contributed by atoms with Crippen LogP contribution in [-0.4, -0.2) is 24.0 Å². The zero-order valence-electron chi connectivity index (χ0n) is 14.2. The number of carbonyl (C=O) groups is 1. The lowest BCUT2D eigenvalue weighted by Crippen LogP contribution is -2.38. The number of aryl methyl sites for hydroxylation is 1. The van der Waals surface area contributed by atoms with Crippen LogP contribution in [-0.2, 0) is 4.79 Å². The fourth-order valence-corrected chi connectivity index (χ4v) is 3.30. The molecule has 0 atom stereocenters. The lowest BCUT2D eigenvalue weighted by molar-refractivity contribution is -0.120. The summed E-state index contributed by atoms with van der Waals surface area (Å²) in [6.07, 6.45) is 1.60. The monoisotopic (exact) mass is 335 g/mol. The highest BCUT2D eigenvalue weighted by molar-refractivity contribution is 5.92. The van der Waals surface area contributed by atoms with Crippen LogP contribution in [0.25, 0.3) is 11.1 Å². The normalized spacial score (nSPS) is 15.5. The van der Waals surface area contributed by atoms with E-state index in [9.17, 15) is 4.79 Å². The highest BCUT2D eigenvalue weighted by Gasteiger charge is 2.27. The van der Waals surface area contributed by atoms with Crippen molar-refractivity contribution in [3.63, 3.8) is 0 Å². The van der Waals surface area contributed by atoms with Gasteiger partial charge in [-0.25, -0.2) is 0 Å². The third kappa shape index (κ3) is 3.36.